The molecule has 0 amide bonds. The van der Waals surface area contributed by atoms with Crippen LogP contribution in [-0.2, 0) is 0 Å². The highest BCUT2D eigenvalue weighted by atomic mass is 35.5. The van der Waals surface area contributed by atoms with E-state index in [0.717, 1.165) is 16.9 Å². The Morgan fingerprint density at radius 3 is 2.61 bits per heavy atom. The third-order valence-electron chi connectivity index (χ3n) is 3.71. The Balaban J connectivity index is 2.27. The van der Waals surface area contributed by atoms with E-state index in [2.05, 4.69) is 4.98 Å². The van der Waals surface area contributed by atoms with Gasteiger partial charge in [-0.25, -0.2) is 9.78 Å². The lowest BCUT2D eigenvalue weighted by atomic mass is 10.0. The summed E-state index contributed by atoms with van der Waals surface area (Å²) in [5.41, 5.74) is 3.21. The fourth-order valence-electron chi connectivity index (χ4n) is 2.56. The number of carboxylic acid groups (broad SMARTS) is 1. The van der Waals surface area contributed by atoms with E-state index in [0.29, 0.717) is 21.6 Å². The largest absolute Gasteiger partial charge is 0.497 e. The predicted octanol–water partition coefficient (Wildman–Crippen LogP) is 4.57. The lowest BCUT2D eigenvalue weighted by Gasteiger charge is -2.11. The summed E-state index contributed by atoms with van der Waals surface area (Å²) in [7, 11) is 1.61. The molecule has 4 nitrogen and oxygen atoms in total. The zero-order valence-electron chi connectivity index (χ0n) is 12.6. The highest BCUT2D eigenvalue weighted by molar-refractivity contribution is 6.31. The fourth-order valence-corrected chi connectivity index (χ4v) is 2.74. The molecule has 0 saturated carbocycles. The molecule has 0 aliphatic rings. The van der Waals surface area contributed by atoms with Crippen molar-refractivity contribution in [2.75, 3.05) is 7.11 Å². The second-order valence-electron chi connectivity index (χ2n) is 5.20. The van der Waals surface area contributed by atoms with Crippen molar-refractivity contribution in [1.82, 2.24) is 4.98 Å². The topological polar surface area (TPSA) is 59.4 Å². The SMILES string of the molecule is COc1ccc(-c2cc(C(=O)O)c3cc(Cl)ccc3n2)c(C)c1. The van der Waals surface area contributed by atoms with Crippen molar-refractivity contribution >= 4 is 28.5 Å². The maximum atomic E-state index is 11.6. The van der Waals surface area contributed by atoms with Crippen molar-refractivity contribution in [2.24, 2.45) is 0 Å². The van der Waals surface area contributed by atoms with Crippen LogP contribution in [0.4, 0.5) is 0 Å². The minimum Gasteiger partial charge on any atom is -0.497 e. The molecule has 0 aliphatic carbocycles. The van der Waals surface area contributed by atoms with Gasteiger partial charge >= 0.3 is 5.97 Å². The van der Waals surface area contributed by atoms with Gasteiger partial charge in [0.05, 0.1) is 23.9 Å². The molecular formula is C18H14ClNO3. The van der Waals surface area contributed by atoms with E-state index >= 15 is 0 Å². The number of hydrogen-bond acceptors (Lipinski definition) is 3. The third-order valence-corrected chi connectivity index (χ3v) is 3.95. The van der Waals surface area contributed by atoms with E-state index in [4.69, 9.17) is 16.3 Å². The Morgan fingerprint density at radius 1 is 1.17 bits per heavy atom. The molecule has 1 N–H and O–H groups in total. The van der Waals surface area contributed by atoms with Gasteiger partial charge in [-0.1, -0.05) is 11.6 Å². The number of methoxy groups -OCH3 is 1. The molecule has 2 aromatic carbocycles. The second-order valence-corrected chi connectivity index (χ2v) is 5.64. The molecule has 0 bridgehead atoms. The van der Waals surface area contributed by atoms with Gasteiger partial charge in [0.15, 0.2) is 0 Å². The molecule has 5 heteroatoms. The lowest BCUT2D eigenvalue weighted by Crippen LogP contribution is -2.01. The first-order valence-electron chi connectivity index (χ1n) is 6.98. The summed E-state index contributed by atoms with van der Waals surface area (Å²) < 4.78 is 5.20. The fraction of sp³-hybridized carbons (Fsp3) is 0.111. The third kappa shape index (κ3) is 2.85. The minimum absolute atomic E-state index is 0.183. The number of nitrogens with zero attached hydrogens (tertiary/aromatic N) is 1. The van der Waals surface area contributed by atoms with E-state index in [1.807, 2.05) is 25.1 Å². The van der Waals surface area contributed by atoms with Crippen LogP contribution in [-0.4, -0.2) is 23.2 Å². The van der Waals surface area contributed by atoms with Crippen molar-refractivity contribution in [3.63, 3.8) is 0 Å². The van der Waals surface area contributed by atoms with Crippen LogP contribution in [0.2, 0.25) is 5.02 Å². The number of aromatic nitrogens is 1. The van der Waals surface area contributed by atoms with Crippen LogP contribution < -0.4 is 4.74 Å². The first kappa shape index (κ1) is 15.3. The Kier molecular flexibility index (Phi) is 3.92. The smallest absolute Gasteiger partial charge is 0.336 e. The number of halogens is 1. The zero-order chi connectivity index (χ0) is 16.6. The first-order chi connectivity index (χ1) is 11.0. The summed E-state index contributed by atoms with van der Waals surface area (Å²) in [6.07, 6.45) is 0. The van der Waals surface area contributed by atoms with Crippen LogP contribution in [0.25, 0.3) is 22.2 Å². The van der Waals surface area contributed by atoms with Crippen LogP contribution in [0.5, 0.6) is 5.75 Å². The number of aryl methyl sites for hydroxylation is 1. The van der Waals surface area contributed by atoms with E-state index < -0.39 is 5.97 Å². The summed E-state index contributed by atoms with van der Waals surface area (Å²) >= 11 is 5.98. The monoisotopic (exact) mass is 327 g/mol. The summed E-state index contributed by atoms with van der Waals surface area (Å²) in [5.74, 6) is -0.260. The van der Waals surface area contributed by atoms with E-state index in [1.165, 1.54) is 0 Å². The number of pyridine rings is 1. The van der Waals surface area contributed by atoms with Gasteiger partial charge in [0.1, 0.15) is 5.75 Å². The molecule has 0 radical (unpaired) electrons. The van der Waals surface area contributed by atoms with Gasteiger partial charge in [-0.15, -0.1) is 0 Å². The van der Waals surface area contributed by atoms with Crippen LogP contribution in [0.15, 0.2) is 42.5 Å². The van der Waals surface area contributed by atoms with Gasteiger partial charge in [0.25, 0.3) is 0 Å². The highest BCUT2D eigenvalue weighted by Crippen LogP contribution is 2.30. The summed E-state index contributed by atoms with van der Waals surface area (Å²) in [6, 6.07) is 12.2. The number of benzene rings is 2. The molecule has 1 aromatic heterocycles. The average molecular weight is 328 g/mol. The maximum absolute atomic E-state index is 11.6. The first-order valence-corrected chi connectivity index (χ1v) is 7.36. The number of ether oxygens (including phenoxy) is 1. The Morgan fingerprint density at radius 2 is 1.96 bits per heavy atom. The van der Waals surface area contributed by atoms with Gasteiger partial charge in [-0.3, -0.25) is 0 Å². The molecule has 116 valence electrons. The van der Waals surface area contributed by atoms with Crippen LogP contribution in [0.3, 0.4) is 0 Å². The normalized spacial score (nSPS) is 10.7. The molecule has 0 unspecified atom stereocenters. The van der Waals surface area contributed by atoms with Crippen molar-refractivity contribution in [1.29, 1.82) is 0 Å². The lowest BCUT2D eigenvalue weighted by molar-refractivity contribution is 0.0699. The number of aromatic carboxylic acids is 1. The second kappa shape index (κ2) is 5.89. The molecule has 0 atom stereocenters. The Labute approximate surface area is 138 Å². The highest BCUT2D eigenvalue weighted by Gasteiger charge is 2.14. The minimum atomic E-state index is -1.01. The predicted molar refractivity (Wildman–Crippen MR) is 90.4 cm³/mol. The number of hydrogen-bond donors (Lipinski definition) is 1. The van der Waals surface area contributed by atoms with Gasteiger partial charge in [0, 0.05) is 16.0 Å². The summed E-state index contributed by atoms with van der Waals surface area (Å²) in [5, 5.41) is 10.5. The molecule has 0 saturated heterocycles. The van der Waals surface area contributed by atoms with E-state index in [-0.39, 0.29) is 5.56 Å². The van der Waals surface area contributed by atoms with Gasteiger partial charge in [0.2, 0.25) is 0 Å². The van der Waals surface area contributed by atoms with E-state index in [9.17, 15) is 9.90 Å². The number of rotatable bonds is 3. The van der Waals surface area contributed by atoms with Crippen LogP contribution >= 0.6 is 11.6 Å². The van der Waals surface area contributed by atoms with Crippen molar-refractivity contribution in [2.45, 2.75) is 6.92 Å². The maximum Gasteiger partial charge on any atom is 0.336 e. The molecule has 0 spiro atoms. The summed E-state index contributed by atoms with van der Waals surface area (Å²) in [6.45, 7) is 1.94. The Bertz CT molecular complexity index is 922. The quantitative estimate of drug-likeness (QED) is 0.765. The standard InChI is InChI=1S/C18H14ClNO3/c1-10-7-12(23-2)4-5-13(10)17-9-15(18(21)22)14-8-11(19)3-6-16(14)20-17/h3-9H,1-2H3,(H,21,22). The molecule has 0 fully saturated rings. The molecule has 3 rings (SSSR count). The van der Waals surface area contributed by atoms with Crippen molar-refractivity contribution in [3.8, 4) is 17.0 Å². The Hall–Kier alpha value is -2.59. The number of fused-ring (bicyclic) bond motifs is 1. The molecule has 1 heterocycles. The van der Waals surface area contributed by atoms with Crippen LogP contribution in [0, 0.1) is 6.92 Å². The molecule has 23 heavy (non-hydrogen) atoms. The number of carbonyl (C=O) groups is 1. The molecule has 0 aliphatic heterocycles. The molecular weight excluding hydrogens is 314 g/mol. The van der Waals surface area contributed by atoms with Crippen molar-refractivity contribution in [3.05, 3.63) is 58.6 Å². The van der Waals surface area contributed by atoms with Crippen molar-refractivity contribution < 1.29 is 14.6 Å². The van der Waals surface area contributed by atoms with Crippen LogP contribution in [0.1, 0.15) is 15.9 Å². The zero-order valence-corrected chi connectivity index (χ0v) is 13.4. The average Bonchev–Trinajstić information content (AvgIpc) is 2.53. The van der Waals surface area contributed by atoms with Gasteiger partial charge in [-0.2, -0.15) is 0 Å². The summed E-state index contributed by atoms with van der Waals surface area (Å²) in [4.78, 5) is 16.2. The molecule has 3 aromatic rings. The van der Waals surface area contributed by atoms with E-state index in [1.54, 1.807) is 31.4 Å². The van der Waals surface area contributed by atoms with Gasteiger partial charge < -0.3 is 9.84 Å². The van der Waals surface area contributed by atoms with Gasteiger partial charge in [-0.05, 0) is 55.0 Å². The number of carboxylic acids is 1.